The van der Waals surface area contributed by atoms with E-state index < -0.39 is 84.9 Å². The molecule has 18 nitrogen and oxygen atoms in total. The van der Waals surface area contributed by atoms with E-state index in [1.165, 1.54) is 31.2 Å². The van der Waals surface area contributed by atoms with Gasteiger partial charge in [0.25, 0.3) is 17.6 Å². The molecule has 0 bridgehead atoms. The summed E-state index contributed by atoms with van der Waals surface area (Å²) in [5.74, 6) is -7.73. The van der Waals surface area contributed by atoms with Crippen LogP contribution in [0.1, 0.15) is 29.9 Å². The van der Waals surface area contributed by atoms with Gasteiger partial charge in [-0.15, -0.1) is 34.9 Å². The minimum Gasteiger partial charge on any atom is -0.504 e. The number of anilines is 1. The van der Waals surface area contributed by atoms with Gasteiger partial charge in [0, 0.05) is 24.8 Å². The number of nitrogens with one attached hydrogen (secondary N) is 2. The molecule has 264 valence electrons. The van der Waals surface area contributed by atoms with Gasteiger partial charge in [-0.25, -0.2) is 14.6 Å². The summed E-state index contributed by atoms with van der Waals surface area (Å²) in [6.45, 7) is 1.94. The number of Topliss-reactive ketones (excluding diaryl/α,β-unsaturated/α-hetero) is 1. The van der Waals surface area contributed by atoms with Crippen LogP contribution in [-0.4, -0.2) is 125 Å². The summed E-state index contributed by atoms with van der Waals surface area (Å²) in [5.41, 5.74) is 3.01. The Morgan fingerprint density at radius 3 is 2.53 bits per heavy atom. The number of carbonyl (C=O) groups excluding carboxylic acids is 4. The molecule has 0 aliphatic carbocycles. The highest BCUT2D eigenvalue weighted by atomic mass is 35.5. The number of β-lactam (4-membered cyclic amide) rings is 1. The van der Waals surface area contributed by atoms with Crippen molar-refractivity contribution < 1.29 is 58.8 Å². The third-order valence-corrected chi connectivity index (χ3v) is 11.6. The Morgan fingerprint density at radius 1 is 1.24 bits per heavy atom. The second-order valence-electron chi connectivity index (χ2n) is 10.9. The molecule has 0 spiro atoms. The zero-order valence-corrected chi connectivity index (χ0v) is 28.9. The van der Waals surface area contributed by atoms with Gasteiger partial charge < -0.3 is 51.3 Å². The third-order valence-electron chi connectivity index (χ3n) is 7.18. The van der Waals surface area contributed by atoms with Gasteiger partial charge in [-0.05, 0) is 26.0 Å². The maximum atomic E-state index is 13.3. The van der Waals surface area contributed by atoms with Crippen molar-refractivity contribution >= 4 is 92.7 Å². The monoisotopic (exact) mass is 760 g/mol. The van der Waals surface area contributed by atoms with E-state index in [0.717, 1.165) is 47.0 Å². The number of nitrogen functional groups attached to an aromatic ring is 1. The van der Waals surface area contributed by atoms with Crippen LogP contribution >= 0.6 is 46.5 Å². The number of aliphatic carboxylic acids is 2. The number of oxime groups is 1. The van der Waals surface area contributed by atoms with Gasteiger partial charge in [-0.1, -0.05) is 16.8 Å². The summed E-state index contributed by atoms with van der Waals surface area (Å²) in [7, 11) is 1.31. The second kappa shape index (κ2) is 14.7. The highest BCUT2D eigenvalue weighted by molar-refractivity contribution is 8.20. The van der Waals surface area contributed by atoms with Crippen molar-refractivity contribution in [1.82, 2.24) is 20.5 Å². The highest BCUT2D eigenvalue weighted by Crippen LogP contribution is 2.52. The number of phenols is 2. The molecule has 4 atom stereocenters. The largest absolute Gasteiger partial charge is 0.504 e. The maximum Gasteiger partial charge on any atom is 0.350 e. The van der Waals surface area contributed by atoms with Crippen LogP contribution < -0.4 is 16.4 Å². The minimum atomic E-state index is -1.82. The van der Waals surface area contributed by atoms with Gasteiger partial charge in [0.05, 0.1) is 23.2 Å². The van der Waals surface area contributed by atoms with Crippen molar-refractivity contribution in [1.29, 1.82) is 0 Å². The Labute approximate surface area is 294 Å². The van der Waals surface area contributed by atoms with Crippen LogP contribution in [0.5, 0.6) is 11.5 Å². The van der Waals surface area contributed by atoms with Crippen molar-refractivity contribution in [2.75, 3.05) is 31.7 Å². The number of methoxy groups -OCH3 is 1. The number of ketones is 1. The summed E-state index contributed by atoms with van der Waals surface area (Å²) in [5, 5.41) is 47.5. The number of aromatic nitrogens is 1. The number of rotatable bonds is 15. The summed E-state index contributed by atoms with van der Waals surface area (Å²) in [4.78, 5) is 85.7. The number of nitrogens with zero attached hydrogens (tertiary/aromatic N) is 3. The molecule has 1 aromatic heterocycles. The molecule has 3 heterocycles. The Morgan fingerprint density at radius 2 is 1.94 bits per heavy atom. The number of phenolic OH excluding ortho intramolecular Hbond substituents is 2. The minimum absolute atomic E-state index is 0.0183. The average Bonchev–Trinajstić information content (AvgIpc) is 3.64. The summed E-state index contributed by atoms with van der Waals surface area (Å²) < 4.78 is 3.75. The number of thiazole rings is 1. The Kier molecular flexibility index (Phi) is 11.2. The van der Waals surface area contributed by atoms with Crippen molar-refractivity contribution in [2.45, 2.75) is 41.0 Å². The zero-order chi connectivity index (χ0) is 36.4. The molecule has 2 aliphatic rings. The van der Waals surface area contributed by atoms with E-state index in [1.807, 2.05) is 0 Å². The Hall–Kier alpha value is -4.31. The summed E-state index contributed by atoms with van der Waals surface area (Å²) in [6, 6.07) is 0.877. The number of carboxylic acids is 2. The number of aromatic hydroxyl groups is 2. The molecule has 22 heteroatoms. The lowest BCUT2D eigenvalue weighted by Gasteiger charge is -2.41. The van der Waals surface area contributed by atoms with Gasteiger partial charge in [0.2, 0.25) is 11.5 Å². The fourth-order valence-electron chi connectivity index (χ4n) is 4.26. The number of ether oxygens (including phenoxy) is 1. The summed E-state index contributed by atoms with van der Waals surface area (Å²) >= 11 is 8.67. The Balaban J connectivity index is 1.40. The molecule has 4 rings (SSSR count). The first kappa shape index (κ1) is 37.5. The molecule has 0 saturated carbocycles. The van der Waals surface area contributed by atoms with E-state index >= 15 is 0 Å². The third kappa shape index (κ3) is 7.80. The number of carboxylic acid groups (broad SMARTS) is 2. The number of benzene rings is 1. The number of amides is 3. The van der Waals surface area contributed by atoms with Crippen LogP contribution in [0, 0.1) is 0 Å². The van der Waals surface area contributed by atoms with Gasteiger partial charge in [-0.3, -0.25) is 19.2 Å². The van der Waals surface area contributed by atoms with E-state index in [-0.39, 0.29) is 35.2 Å². The SMILES string of the molecule is CO[C@@H](CNC(=O)C(=O)c1ccc(O)c(O)c1Cl)CSC1(C(=O)O)CN2C(=O)[C@@H](NC(=O)/C(=N\OC(C)(C)C(=O)O)c3csc(N)n3)C2S1. The highest BCUT2D eigenvalue weighted by Gasteiger charge is 2.63. The van der Waals surface area contributed by atoms with Gasteiger partial charge in [0.15, 0.2) is 26.4 Å². The maximum absolute atomic E-state index is 13.3. The number of nitrogens with two attached hydrogens (primary N) is 1. The van der Waals surface area contributed by atoms with Gasteiger partial charge >= 0.3 is 11.9 Å². The zero-order valence-electron chi connectivity index (χ0n) is 25.7. The van der Waals surface area contributed by atoms with E-state index in [4.69, 9.17) is 26.9 Å². The number of hydrogen-bond acceptors (Lipinski definition) is 16. The molecule has 2 aromatic rings. The fraction of sp³-hybridized carbons (Fsp3) is 0.407. The molecule has 2 aliphatic heterocycles. The number of hydrogen-bond donors (Lipinski definition) is 7. The number of thioether (sulfide) groups is 2. The molecule has 2 unspecified atom stereocenters. The lowest BCUT2D eigenvalue weighted by Crippen LogP contribution is -2.68. The van der Waals surface area contributed by atoms with Crippen molar-refractivity contribution in [2.24, 2.45) is 5.16 Å². The molecule has 8 N–H and O–H groups in total. The summed E-state index contributed by atoms with van der Waals surface area (Å²) in [6.07, 6.45) is -0.805. The predicted octanol–water partition coefficient (Wildman–Crippen LogP) is 0.302. The van der Waals surface area contributed by atoms with E-state index in [1.54, 1.807) is 0 Å². The lowest BCUT2D eigenvalue weighted by atomic mass is 10.1. The quantitative estimate of drug-likeness (QED) is 0.0321. The fourth-order valence-corrected chi connectivity index (χ4v) is 8.22. The first-order valence-electron chi connectivity index (χ1n) is 13.9. The number of halogens is 1. The predicted molar refractivity (Wildman–Crippen MR) is 177 cm³/mol. The first-order valence-corrected chi connectivity index (χ1v) is 17.0. The van der Waals surface area contributed by atoms with Gasteiger partial charge in [-0.2, -0.15) is 0 Å². The average molecular weight is 761 g/mol. The van der Waals surface area contributed by atoms with Crippen LogP contribution in [-0.2, 0) is 33.5 Å². The van der Waals surface area contributed by atoms with Crippen LogP contribution in [0.2, 0.25) is 5.02 Å². The van der Waals surface area contributed by atoms with Crippen molar-refractivity contribution in [3.63, 3.8) is 0 Å². The van der Waals surface area contributed by atoms with Gasteiger partial charge in [0.1, 0.15) is 17.1 Å². The molecule has 2 saturated heterocycles. The molecule has 2 fully saturated rings. The molecule has 1 aromatic carbocycles. The van der Waals surface area contributed by atoms with Crippen LogP contribution in [0.25, 0.3) is 0 Å². The first-order chi connectivity index (χ1) is 22.9. The second-order valence-corrected chi connectivity index (χ2v) is 15.2. The normalized spacial score (nSPS) is 20.9. The number of fused-ring (bicyclic) bond motifs is 1. The molecular weight excluding hydrogens is 732 g/mol. The van der Waals surface area contributed by atoms with E-state index in [9.17, 15) is 49.2 Å². The lowest BCUT2D eigenvalue weighted by molar-refractivity contribution is -0.161. The Bertz CT molecular complexity index is 1740. The van der Waals surface area contributed by atoms with E-state index in [2.05, 4.69) is 20.8 Å². The van der Waals surface area contributed by atoms with Crippen molar-refractivity contribution in [3.05, 3.63) is 33.8 Å². The smallest absolute Gasteiger partial charge is 0.350 e. The van der Waals surface area contributed by atoms with E-state index in [0.29, 0.717) is 0 Å². The topological polar surface area (TPSA) is 280 Å². The molecular formula is C27H29ClN6O12S3. The standard InChI is InChI=1S/C27H29ClN6O12S3/c1-26(2,23(41)42)46-33-15(12-8-47-25(29)31-12)19(38)32-16-21(40)34-9-27(24(43)44,49-22(16)34)48-7-10(45-3)6-30-20(39)17(36)11-4-5-13(35)18(37)14(11)28/h4-5,8,10,16,22,35,37H,6-7,9H2,1-3H3,(H2,29,31)(H,30,39)(H,32,38)(H,41,42)(H,43,44)/b33-15-/t10-,16+,22?,27?/m0/s1. The molecule has 3 amide bonds. The van der Waals surface area contributed by atoms with Crippen LogP contribution in [0.15, 0.2) is 22.7 Å². The van der Waals surface area contributed by atoms with Crippen LogP contribution in [0.3, 0.4) is 0 Å². The molecule has 0 radical (unpaired) electrons. The van der Waals surface area contributed by atoms with Crippen molar-refractivity contribution in [3.8, 4) is 11.5 Å². The number of carbonyl (C=O) groups is 6. The molecule has 49 heavy (non-hydrogen) atoms. The van der Waals surface area contributed by atoms with Crippen LogP contribution in [0.4, 0.5) is 5.13 Å².